The normalized spacial score (nSPS) is 10.6. The van der Waals surface area contributed by atoms with Crippen LogP contribution in [0.3, 0.4) is 0 Å². The summed E-state index contributed by atoms with van der Waals surface area (Å²) >= 11 is 0. The first-order chi connectivity index (χ1) is 16.0. The Morgan fingerprint density at radius 3 is 2.39 bits per heavy atom. The molecule has 0 bridgehead atoms. The lowest BCUT2D eigenvalue weighted by Crippen LogP contribution is -2.23. The van der Waals surface area contributed by atoms with Crippen LogP contribution in [0, 0.1) is 13.8 Å². The van der Waals surface area contributed by atoms with Crippen LogP contribution in [0.2, 0.25) is 0 Å². The molecule has 0 aliphatic rings. The minimum absolute atomic E-state index is 0.163. The molecule has 0 spiro atoms. The topological polar surface area (TPSA) is 76.0 Å². The monoisotopic (exact) mass is 438 g/mol. The summed E-state index contributed by atoms with van der Waals surface area (Å²) in [6.45, 7) is 4.40. The summed E-state index contributed by atoms with van der Waals surface area (Å²) in [5, 5.41) is 10.3. The van der Waals surface area contributed by atoms with Crippen molar-refractivity contribution < 1.29 is 9.59 Å². The fourth-order valence-corrected chi connectivity index (χ4v) is 3.60. The maximum absolute atomic E-state index is 13.2. The maximum Gasteiger partial charge on any atom is 0.255 e. The molecule has 0 atom stereocenters. The third-order valence-electron chi connectivity index (χ3n) is 5.63. The smallest absolute Gasteiger partial charge is 0.255 e. The molecule has 33 heavy (non-hydrogen) atoms. The number of nitrogens with zero attached hydrogens (tertiary/aromatic N) is 2. The van der Waals surface area contributed by atoms with E-state index in [4.69, 9.17) is 5.10 Å². The van der Waals surface area contributed by atoms with E-state index >= 15 is 0 Å². The van der Waals surface area contributed by atoms with Gasteiger partial charge in [-0.05, 0) is 60.9 Å². The van der Waals surface area contributed by atoms with Gasteiger partial charge in [-0.2, -0.15) is 5.10 Å². The highest BCUT2D eigenvalue weighted by Crippen LogP contribution is 2.26. The van der Waals surface area contributed by atoms with Crippen LogP contribution in [0.25, 0.3) is 16.9 Å². The number of hydrogen-bond donors (Lipinski definition) is 2. The van der Waals surface area contributed by atoms with Gasteiger partial charge in [0.05, 0.1) is 11.3 Å². The second-order valence-corrected chi connectivity index (χ2v) is 7.93. The molecular formula is C27H26N4O2. The molecule has 0 saturated heterocycles. The Labute approximate surface area is 193 Å². The van der Waals surface area contributed by atoms with Crippen LogP contribution in [0.4, 0.5) is 0 Å². The summed E-state index contributed by atoms with van der Waals surface area (Å²) in [7, 11) is 1.59. The number of aromatic nitrogens is 2. The highest BCUT2D eigenvalue weighted by molar-refractivity contribution is 6.00. The van der Waals surface area contributed by atoms with Crippen molar-refractivity contribution in [1.29, 1.82) is 0 Å². The van der Waals surface area contributed by atoms with E-state index in [1.807, 2.05) is 55.5 Å². The van der Waals surface area contributed by atoms with Crippen molar-refractivity contribution in [2.45, 2.75) is 20.4 Å². The maximum atomic E-state index is 13.2. The van der Waals surface area contributed by atoms with E-state index in [1.54, 1.807) is 36.1 Å². The third-order valence-corrected chi connectivity index (χ3v) is 5.63. The van der Waals surface area contributed by atoms with Gasteiger partial charge in [0.15, 0.2) is 0 Å². The summed E-state index contributed by atoms with van der Waals surface area (Å²) in [6, 6.07) is 23.0. The van der Waals surface area contributed by atoms with Gasteiger partial charge in [-0.1, -0.05) is 42.5 Å². The van der Waals surface area contributed by atoms with E-state index in [0.717, 1.165) is 22.4 Å². The Hall–Kier alpha value is -4.19. The summed E-state index contributed by atoms with van der Waals surface area (Å²) < 4.78 is 1.73. The quantitative estimate of drug-likeness (QED) is 0.467. The van der Waals surface area contributed by atoms with Crippen LogP contribution in [0.15, 0.2) is 79.0 Å². The average molecular weight is 439 g/mol. The van der Waals surface area contributed by atoms with Crippen LogP contribution in [0.1, 0.15) is 37.4 Å². The standard InChI is InChI=1S/C27H26N4O2/c1-18-12-13-21(14-19(18)2)25-24(17-31(30-25)23-10-5-4-6-11-23)27(33)29-16-20-8-7-9-22(15-20)26(32)28-3/h4-15,17H,16H2,1-3H3,(H,28,32)(H,29,33). The highest BCUT2D eigenvalue weighted by Gasteiger charge is 2.19. The predicted molar refractivity (Wildman–Crippen MR) is 129 cm³/mol. The van der Waals surface area contributed by atoms with E-state index in [-0.39, 0.29) is 11.8 Å². The lowest BCUT2D eigenvalue weighted by molar-refractivity contribution is 0.0949. The van der Waals surface area contributed by atoms with Crippen LogP contribution >= 0.6 is 0 Å². The summed E-state index contributed by atoms with van der Waals surface area (Å²) in [5.41, 5.74) is 6.59. The van der Waals surface area contributed by atoms with Gasteiger partial charge >= 0.3 is 0 Å². The molecular weight excluding hydrogens is 412 g/mol. The van der Waals surface area contributed by atoms with Crippen molar-refractivity contribution in [3.63, 3.8) is 0 Å². The van der Waals surface area contributed by atoms with Crippen molar-refractivity contribution in [2.75, 3.05) is 7.05 Å². The first kappa shape index (κ1) is 22.0. The first-order valence-corrected chi connectivity index (χ1v) is 10.8. The molecule has 1 heterocycles. The molecule has 4 rings (SSSR count). The number of hydrogen-bond acceptors (Lipinski definition) is 3. The molecule has 0 unspecified atom stereocenters. The van der Waals surface area contributed by atoms with Crippen LogP contribution in [0.5, 0.6) is 0 Å². The number of para-hydroxylation sites is 1. The Morgan fingerprint density at radius 2 is 1.67 bits per heavy atom. The van der Waals surface area contributed by atoms with Gasteiger partial charge in [-0.3, -0.25) is 9.59 Å². The summed E-state index contributed by atoms with van der Waals surface area (Å²) in [5.74, 6) is -0.389. The number of benzene rings is 3. The average Bonchev–Trinajstić information content (AvgIpc) is 3.30. The van der Waals surface area contributed by atoms with Gasteiger partial charge in [0.25, 0.3) is 11.8 Å². The zero-order valence-electron chi connectivity index (χ0n) is 18.9. The van der Waals surface area contributed by atoms with E-state index in [0.29, 0.717) is 23.4 Å². The first-order valence-electron chi connectivity index (χ1n) is 10.8. The molecule has 0 radical (unpaired) electrons. The molecule has 3 aromatic carbocycles. The lowest BCUT2D eigenvalue weighted by Gasteiger charge is -2.08. The lowest BCUT2D eigenvalue weighted by atomic mass is 10.0. The summed E-state index contributed by atoms with van der Waals surface area (Å²) in [6.07, 6.45) is 1.76. The SMILES string of the molecule is CNC(=O)c1cccc(CNC(=O)c2cn(-c3ccccc3)nc2-c2ccc(C)c(C)c2)c1. The minimum Gasteiger partial charge on any atom is -0.355 e. The van der Waals surface area contributed by atoms with Gasteiger partial charge in [-0.25, -0.2) is 4.68 Å². The molecule has 6 nitrogen and oxygen atoms in total. The number of amides is 2. The van der Waals surface area contributed by atoms with Crippen molar-refractivity contribution in [1.82, 2.24) is 20.4 Å². The van der Waals surface area contributed by atoms with Crippen LogP contribution < -0.4 is 10.6 Å². The Morgan fingerprint density at radius 1 is 0.879 bits per heavy atom. The second-order valence-electron chi connectivity index (χ2n) is 7.93. The Balaban J connectivity index is 1.65. The molecule has 166 valence electrons. The molecule has 0 aliphatic heterocycles. The van der Waals surface area contributed by atoms with Gasteiger partial charge in [0.1, 0.15) is 5.69 Å². The molecule has 1 aromatic heterocycles. The van der Waals surface area contributed by atoms with Gasteiger partial charge in [0.2, 0.25) is 0 Å². The van der Waals surface area contributed by atoms with Gasteiger partial charge in [-0.15, -0.1) is 0 Å². The van der Waals surface area contributed by atoms with Crippen LogP contribution in [-0.2, 0) is 6.54 Å². The molecule has 0 aliphatic carbocycles. The van der Waals surface area contributed by atoms with Gasteiger partial charge in [0, 0.05) is 30.9 Å². The van der Waals surface area contributed by atoms with E-state index in [1.165, 1.54) is 5.56 Å². The number of carbonyl (C=O) groups excluding carboxylic acids is 2. The number of nitrogens with one attached hydrogen (secondary N) is 2. The number of rotatable bonds is 6. The number of carbonyl (C=O) groups is 2. The van der Waals surface area contributed by atoms with E-state index in [2.05, 4.69) is 23.6 Å². The van der Waals surface area contributed by atoms with Crippen molar-refractivity contribution in [2.24, 2.45) is 0 Å². The molecule has 6 heteroatoms. The molecule has 0 saturated carbocycles. The Kier molecular flexibility index (Phi) is 6.36. The van der Waals surface area contributed by atoms with Crippen LogP contribution in [-0.4, -0.2) is 28.6 Å². The fraction of sp³-hybridized carbons (Fsp3) is 0.148. The fourth-order valence-electron chi connectivity index (χ4n) is 3.60. The summed E-state index contributed by atoms with van der Waals surface area (Å²) in [4.78, 5) is 25.1. The van der Waals surface area contributed by atoms with Crippen molar-refractivity contribution >= 4 is 11.8 Å². The zero-order valence-corrected chi connectivity index (χ0v) is 18.9. The van der Waals surface area contributed by atoms with E-state index < -0.39 is 0 Å². The van der Waals surface area contributed by atoms with E-state index in [9.17, 15) is 9.59 Å². The molecule has 2 N–H and O–H groups in total. The number of aryl methyl sites for hydroxylation is 2. The van der Waals surface area contributed by atoms with Crippen molar-refractivity contribution in [3.05, 3.63) is 107 Å². The molecule has 4 aromatic rings. The molecule has 2 amide bonds. The minimum atomic E-state index is -0.226. The predicted octanol–water partition coefficient (Wildman–Crippen LogP) is 4.45. The van der Waals surface area contributed by atoms with Gasteiger partial charge < -0.3 is 10.6 Å². The molecule has 0 fully saturated rings. The van der Waals surface area contributed by atoms with Crippen molar-refractivity contribution in [3.8, 4) is 16.9 Å². The second kappa shape index (κ2) is 9.53. The highest BCUT2D eigenvalue weighted by atomic mass is 16.2. The Bertz CT molecular complexity index is 1310. The zero-order chi connectivity index (χ0) is 23.4. The third kappa shape index (κ3) is 4.85. The largest absolute Gasteiger partial charge is 0.355 e.